The lowest BCUT2D eigenvalue weighted by atomic mass is 10.1. The van der Waals surface area contributed by atoms with Gasteiger partial charge in [-0.2, -0.15) is 13.2 Å². The molecule has 2 aromatic carbocycles. The summed E-state index contributed by atoms with van der Waals surface area (Å²) in [4.78, 5) is 3.92. The summed E-state index contributed by atoms with van der Waals surface area (Å²) in [6.07, 6.45) is -4.64. The average Bonchev–Trinajstić information content (AvgIpc) is 2.79. The largest absolute Gasteiger partial charge is 0.416 e. The number of sulfonamides is 1. The van der Waals surface area contributed by atoms with Gasteiger partial charge in [0.1, 0.15) is 0 Å². The van der Waals surface area contributed by atoms with Crippen LogP contribution < -0.4 is 9.62 Å². The van der Waals surface area contributed by atoms with Crippen molar-refractivity contribution in [3.05, 3.63) is 66.2 Å². The van der Waals surface area contributed by atoms with E-state index in [-0.39, 0.29) is 5.69 Å². The molecule has 11 heteroatoms. The Morgan fingerprint density at radius 2 is 1.64 bits per heavy atom. The molecule has 1 aliphatic rings. The smallest absolute Gasteiger partial charge is 0.353 e. The Bertz CT molecular complexity index is 1230. The van der Waals surface area contributed by atoms with E-state index in [0.29, 0.717) is 17.3 Å². The molecule has 33 heavy (non-hydrogen) atoms. The highest BCUT2D eigenvalue weighted by atomic mass is 32.2. The molecule has 7 nitrogen and oxygen atoms in total. The summed E-state index contributed by atoms with van der Waals surface area (Å²) in [5, 5.41) is 8.57. The minimum Gasteiger partial charge on any atom is -0.353 e. The molecule has 0 bridgehead atoms. The lowest BCUT2D eigenvalue weighted by Crippen LogP contribution is -2.44. The number of hydrogen-bond acceptors (Lipinski definition) is 6. The monoisotopic (exact) mass is 477 g/mol. The van der Waals surface area contributed by atoms with Gasteiger partial charge in [-0.15, -0.1) is 10.2 Å². The molecule has 1 aliphatic heterocycles. The van der Waals surface area contributed by atoms with Gasteiger partial charge in [0.15, 0.2) is 5.82 Å². The summed E-state index contributed by atoms with van der Waals surface area (Å²) in [5.41, 5.74) is 0.342. The summed E-state index contributed by atoms with van der Waals surface area (Å²) in [7, 11) is -2.15. The number of piperazine rings is 1. The summed E-state index contributed by atoms with van der Waals surface area (Å²) in [5.74, 6) is 0.772. The highest BCUT2D eigenvalue weighted by Crippen LogP contribution is 2.31. The van der Waals surface area contributed by atoms with Crippen molar-refractivity contribution in [3.8, 4) is 11.3 Å². The van der Waals surface area contributed by atoms with E-state index >= 15 is 0 Å². The van der Waals surface area contributed by atoms with Gasteiger partial charge in [0.25, 0.3) is 10.0 Å². The molecule has 1 aromatic heterocycles. The first-order chi connectivity index (χ1) is 15.6. The van der Waals surface area contributed by atoms with E-state index < -0.39 is 26.7 Å². The molecule has 0 unspecified atom stereocenters. The van der Waals surface area contributed by atoms with Crippen LogP contribution in [0.4, 0.5) is 24.7 Å². The second kappa shape index (κ2) is 8.99. The molecule has 1 fully saturated rings. The maximum absolute atomic E-state index is 13.0. The Morgan fingerprint density at radius 3 is 2.30 bits per heavy atom. The van der Waals surface area contributed by atoms with Gasteiger partial charge in [0.05, 0.1) is 16.2 Å². The Balaban J connectivity index is 1.52. The van der Waals surface area contributed by atoms with Crippen molar-refractivity contribution < 1.29 is 21.6 Å². The van der Waals surface area contributed by atoms with Crippen molar-refractivity contribution in [2.45, 2.75) is 11.1 Å². The molecule has 1 saturated heterocycles. The number of anilines is 2. The first-order valence-corrected chi connectivity index (χ1v) is 11.7. The van der Waals surface area contributed by atoms with Crippen LogP contribution in [0.25, 0.3) is 11.3 Å². The molecule has 0 saturated carbocycles. The fraction of sp³-hybridized carbons (Fsp3) is 0.273. The van der Waals surface area contributed by atoms with E-state index in [2.05, 4.69) is 31.8 Å². The lowest BCUT2D eigenvalue weighted by molar-refractivity contribution is -0.137. The number of likely N-dealkylation sites (N-methyl/N-ethyl adjacent to an activating group) is 1. The lowest BCUT2D eigenvalue weighted by Gasteiger charge is -2.32. The fourth-order valence-corrected chi connectivity index (χ4v) is 4.57. The van der Waals surface area contributed by atoms with Gasteiger partial charge >= 0.3 is 6.18 Å². The van der Waals surface area contributed by atoms with E-state index in [9.17, 15) is 21.6 Å². The van der Waals surface area contributed by atoms with Gasteiger partial charge in [-0.1, -0.05) is 18.2 Å². The minimum absolute atomic E-state index is 0.204. The Kier molecular flexibility index (Phi) is 6.26. The normalized spacial score (nSPS) is 15.5. The number of alkyl halides is 3. The third-order valence-electron chi connectivity index (χ3n) is 5.36. The maximum Gasteiger partial charge on any atom is 0.416 e. The Morgan fingerprint density at radius 1 is 0.909 bits per heavy atom. The minimum atomic E-state index is -4.64. The number of benzene rings is 2. The Labute approximate surface area is 189 Å². The number of hydrogen-bond donors (Lipinski definition) is 1. The number of aromatic nitrogens is 2. The first-order valence-electron chi connectivity index (χ1n) is 10.2. The molecule has 174 valence electrons. The van der Waals surface area contributed by atoms with Gasteiger partial charge in [-0.25, -0.2) is 8.42 Å². The van der Waals surface area contributed by atoms with Crippen molar-refractivity contribution in [1.82, 2.24) is 15.1 Å². The molecule has 3 aromatic rings. The highest BCUT2D eigenvalue weighted by Gasteiger charge is 2.31. The van der Waals surface area contributed by atoms with Crippen molar-refractivity contribution in [1.29, 1.82) is 0 Å². The van der Waals surface area contributed by atoms with Crippen LogP contribution in [0.2, 0.25) is 0 Å². The maximum atomic E-state index is 13.0. The average molecular weight is 478 g/mol. The van der Waals surface area contributed by atoms with Crippen molar-refractivity contribution in [3.63, 3.8) is 0 Å². The molecular formula is C22H22F3N5O2S. The summed E-state index contributed by atoms with van der Waals surface area (Å²) < 4.78 is 66.5. The van der Waals surface area contributed by atoms with Crippen molar-refractivity contribution in [2.75, 3.05) is 42.8 Å². The number of rotatable bonds is 5. The highest BCUT2D eigenvalue weighted by molar-refractivity contribution is 7.92. The third kappa shape index (κ3) is 5.42. The fourth-order valence-electron chi connectivity index (χ4n) is 3.48. The number of nitrogens with one attached hydrogen (secondary N) is 1. The summed E-state index contributed by atoms with van der Waals surface area (Å²) in [6, 6.07) is 13.7. The molecule has 1 N–H and O–H groups in total. The van der Waals surface area contributed by atoms with Crippen LogP contribution in [0.15, 0.2) is 65.6 Å². The summed E-state index contributed by atoms with van der Waals surface area (Å²) in [6.45, 7) is 3.60. The standard InChI is InChI=1S/C22H22F3N5O2S/c1-29-10-12-30(13-11-29)21-9-8-20(26-27-21)16-4-2-6-18(14-16)28-33(31,32)19-7-3-5-17(15-19)22(23,24)25/h2-9,14-15,28H,10-13H2,1H3. The van der Waals surface area contributed by atoms with E-state index in [4.69, 9.17) is 0 Å². The van der Waals surface area contributed by atoms with Crippen LogP contribution in [0.5, 0.6) is 0 Å². The predicted molar refractivity (Wildman–Crippen MR) is 119 cm³/mol. The van der Waals surface area contributed by atoms with Gasteiger partial charge in [-0.05, 0) is 49.5 Å². The molecule has 4 rings (SSSR count). The topological polar surface area (TPSA) is 78.4 Å². The first kappa shape index (κ1) is 23.0. The molecule has 0 aliphatic carbocycles. The van der Waals surface area contributed by atoms with E-state index in [1.807, 2.05) is 6.07 Å². The van der Waals surface area contributed by atoms with Crippen LogP contribution in [0.3, 0.4) is 0 Å². The zero-order valence-corrected chi connectivity index (χ0v) is 18.6. The number of nitrogens with zero attached hydrogens (tertiary/aromatic N) is 4. The zero-order chi connectivity index (χ0) is 23.6. The number of halogens is 3. The Hall–Kier alpha value is -3.18. The van der Waals surface area contributed by atoms with E-state index in [1.54, 1.807) is 24.3 Å². The molecule has 0 spiro atoms. The van der Waals surface area contributed by atoms with Gasteiger partial charge in [0, 0.05) is 37.4 Å². The van der Waals surface area contributed by atoms with Crippen LogP contribution >= 0.6 is 0 Å². The van der Waals surface area contributed by atoms with Crippen molar-refractivity contribution >= 4 is 21.5 Å². The second-order valence-corrected chi connectivity index (χ2v) is 9.46. The zero-order valence-electron chi connectivity index (χ0n) is 17.7. The second-order valence-electron chi connectivity index (χ2n) is 7.78. The molecule has 0 radical (unpaired) electrons. The third-order valence-corrected chi connectivity index (χ3v) is 6.74. The van der Waals surface area contributed by atoms with E-state index in [1.165, 1.54) is 6.07 Å². The van der Waals surface area contributed by atoms with E-state index in [0.717, 1.165) is 50.2 Å². The van der Waals surface area contributed by atoms with Crippen LogP contribution in [0, 0.1) is 0 Å². The van der Waals surface area contributed by atoms with Gasteiger partial charge in [0.2, 0.25) is 0 Å². The molecule has 0 amide bonds. The van der Waals surface area contributed by atoms with Crippen LogP contribution in [-0.4, -0.2) is 56.7 Å². The van der Waals surface area contributed by atoms with Crippen LogP contribution in [0.1, 0.15) is 5.56 Å². The van der Waals surface area contributed by atoms with Gasteiger partial charge in [-0.3, -0.25) is 4.72 Å². The quantitative estimate of drug-likeness (QED) is 0.604. The molecule has 2 heterocycles. The van der Waals surface area contributed by atoms with Crippen LogP contribution in [-0.2, 0) is 16.2 Å². The van der Waals surface area contributed by atoms with Crippen molar-refractivity contribution in [2.24, 2.45) is 0 Å². The molecule has 0 atom stereocenters. The predicted octanol–water partition coefficient (Wildman–Crippen LogP) is 3.72. The SMILES string of the molecule is CN1CCN(c2ccc(-c3cccc(NS(=O)(=O)c4cccc(C(F)(F)F)c4)c3)nn2)CC1. The van der Waals surface area contributed by atoms with Gasteiger partial charge < -0.3 is 9.80 Å². The summed E-state index contributed by atoms with van der Waals surface area (Å²) >= 11 is 0. The molecular weight excluding hydrogens is 455 g/mol.